The zero-order valence-corrected chi connectivity index (χ0v) is 14.6. The molecule has 0 amide bonds. The maximum Gasteiger partial charge on any atom is 0.245 e. The van der Waals surface area contributed by atoms with Crippen molar-refractivity contribution >= 4 is 15.7 Å². The summed E-state index contributed by atoms with van der Waals surface area (Å²) in [6.07, 6.45) is 1.65. The topological polar surface area (TPSA) is 49.4 Å². The third kappa shape index (κ3) is 4.20. The Morgan fingerprint density at radius 1 is 1.14 bits per heavy atom. The minimum absolute atomic E-state index is 0.0438. The fourth-order valence-electron chi connectivity index (χ4n) is 2.52. The van der Waals surface area contributed by atoms with E-state index in [0.29, 0.717) is 23.0 Å². The molecule has 4 nitrogen and oxygen atoms in total. The van der Waals surface area contributed by atoms with Crippen molar-refractivity contribution in [2.75, 3.05) is 18.9 Å². The van der Waals surface area contributed by atoms with Crippen molar-refractivity contribution in [3.63, 3.8) is 0 Å². The van der Waals surface area contributed by atoms with Crippen molar-refractivity contribution in [2.45, 2.75) is 51.5 Å². The number of anilines is 1. The maximum atomic E-state index is 13.1. The van der Waals surface area contributed by atoms with Crippen LogP contribution in [0.15, 0.2) is 29.2 Å². The largest absolute Gasteiger partial charge is 0.387 e. The number of rotatable bonds is 8. The van der Waals surface area contributed by atoms with Gasteiger partial charge in [0.2, 0.25) is 10.0 Å². The Kier molecular flexibility index (Phi) is 6.68. The number of benzene rings is 1. The van der Waals surface area contributed by atoms with Crippen molar-refractivity contribution in [3.8, 4) is 0 Å². The van der Waals surface area contributed by atoms with Crippen LogP contribution in [-0.4, -0.2) is 32.4 Å². The molecule has 1 aromatic rings. The highest BCUT2D eigenvalue weighted by molar-refractivity contribution is 7.89. The Balaban J connectivity index is 3.32. The first-order valence-corrected chi connectivity index (χ1v) is 9.11. The fraction of sp³-hybridized carbons (Fsp3) is 0.625. The molecule has 0 aliphatic heterocycles. The van der Waals surface area contributed by atoms with Gasteiger partial charge < -0.3 is 5.32 Å². The average Bonchev–Trinajstić information content (AvgIpc) is 2.47. The lowest BCUT2D eigenvalue weighted by Gasteiger charge is -2.31. The van der Waals surface area contributed by atoms with Crippen molar-refractivity contribution in [1.82, 2.24) is 4.31 Å². The second kappa shape index (κ2) is 7.80. The molecule has 0 aliphatic rings. The smallest absolute Gasteiger partial charge is 0.245 e. The molecule has 0 saturated carbocycles. The van der Waals surface area contributed by atoms with Gasteiger partial charge in [0, 0.05) is 19.6 Å². The van der Waals surface area contributed by atoms with E-state index in [1.54, 1.807) is 29.6 Å². The molecule has 0 fully saturated rings. The highest BCUT2D eigenvalue weighted by atomic mass is 32.2. The molecular formula is C16H28N2O2S. The van der Waals surface area contributed by atoms with E-state index in [-0.39, 0.29) is 6.04 Å². The average molecular weight is 312 g/mol. The number of para-hydroxylation sites is 1. The molecule has 0 unspecified atom stereocenters. The van der Waals surface area contributed by atoms with E-state index in [0.717, 1.165) is 12.8 Å². The van der Waals surface area contributed by atoms with Crippen LogP contribution in [0.4, 0.5) is 5.69 Å². The Morgan fingerprint density at radius 3 is 2.19 bits per heavy atom. The van der Waals surface area contributed by atoms with Crippen LogP contribution in [0, 0.1) is 5.92 Å². The molecule has 0 aliphatic carbocycles. The highest BCUT2D eigenvalue weighted by Crippen LogP contribution is 2.27. The van der Waals surface area contributed by atoms with Gasteiger partial charge in [0.25, 0.3) is 0 Å². The van der Waals surface area contributed by atoms with Gasteiger partial charge in [-0.15, -0.1) is 0 Å². The number of nitrogens with zero attached hydrogens (tertiary/aromatic N) is 1. The van der Waals surface area contributed by atoms with Crippen LogP contribution in [0.1, 0.15) is 40.5 Å². The van der Waals surface area contributed by atoms with Crippen molar-refractivity contribution in [2.24, 2.45) is 5.92 Å². The Hall–Kier alpha value is -1.07. The van der Waals surface area contributed by atoms with Crippen molar-refractivity contribution in [1.29, 1.82) is 0 Å². The third-order valence-corrected chi connectivity index (χ3v) is 5.61. The van der Waals surface area contributed by atoms with Crippen molar-refractivity contribution < 1.29 is 8.42 Å². The first-order chi connectivity index (χ1) is 9.88. The quantitative estimate of drug-likeness (QED) is 0.798. The normalized spacial score (nSPS) is 12.4. The summed E-state index contributed by atoms with van der Waals surface area (Å²) >= 11 is 0. The predicted molar refractivity (Wildman–Crippen MR) is 89.1 cm³/mol. The molecule has 1 rings (SSSR count). The van der Waals surface area contributed by atoms with E-state index in [2.05, 4.69) is 19.2 Å². The van der Waals surface area contributed by atoms with Gasteiger partial charge in [-0.1, -0.05) is 39.8 Å². The Morgan fingerprint density at radius 2 is 1.71 bits per heavy atom. The molecule has 1 aromatic carbocycles. The summed E-state index contributed by atoms with van der Waals surface area (Å²) in [5, 5.41) is 2.98. The van der Waals surface area contributed by atoms with Gasteiger partial charge in [0.15, 0.2) is 0 Å². The second-order valence-corrected chi connectivity index (χ2v) is 7.54. The van der Waals surface area contributed by atoms with E-state index in [9.17, 15) is 8.42 Å². The van der Waals surface area contributed by atoms with E-state index in [1.807, 2.05) is 19.9 Å². The van der Waals surface area contributed by atoms with Gasteiger partial charge in [-0.05, 0) is 30.9 Å². The van der Waals surface area contributed by atoms with Crippen LogP contribution >= 0.6 is 0 Å². The summed E-state index contributed by atoms with van der Waals surface area (Å²) in [5.41, 5.74) is 0.650. The molecule has 1 N–H and O–H groups in total. The molecule has 120 valence electrons. The number of hydrogen-bond acceptors (Lipinski definition) is 3. The summed E-state index contributed by atoms with van der Waals surface area (Å²) in [6.45, 7) is 8.73. The minimum Gasteiger partial charge on any atom is -0.387 e. The molecule has 0 radical (unpaired) electrons. The van der Waals surface area contributed by atoms with Gasteiger partial charge in [0.1, 0.15) is 4.90 Å². The van der Waals surface area contributed by atoms with Gasteiger partial charge in [-0.3, -0.25) is 0 Å². The van der Waals surface area contributed by atoms with Crippen molar-refractivity contribution in [3.05, 3.63) is 24.3 Å². The predicted octanol–water partition coefficient (Wildman–Crippen LogP) is 3.56. The Bertz CT molecular complexity index is 537. The summed E-state index contributed by atoms with van der Waals surface area (Å²) < 4.78 is 27.9. The number of sulfonamides is 1. The van der Waals surface area contributed by atoms with Gasteiger partial charge in [-0.2, -0.15) is 4.31 Å². The molecule has 0 aromatic heterocycles. The SMILES string of the molecule is CCC(CC)N(CC(C)C)S(=O)(=O)c1ccccc1NC. The lowest BCUT2D eigenvalue weighted by molar-refractivity contribution is 0.277. The third-order valence-electron chi connectivity index (χ3n) is 3.64. The molecule has 0 spiro atoms. The van der Waals surface area contributed by atoms with Gasteiger partial charge >= 0.3 is 0 Å². The first-order valence-electron chi connectivity index (χ1n) is 7.67. The lowest BCUT2D eigenvalue weighted by atomic mass is 10.1. The van der Waals surface area contributed by atoms with Gasteiger partial charge in [-0.25, -0.2) is 8.42 Å². The zero-order chi connectivity index (χ0) is 16.0. The summed E-state index contributed by atoms with van der Waals surface area (Å²) in [7, 11) is -1.74. The van der Waals surface area contributed by atoms with Crippen LogP contribution < -0.4 is 5.32 Å². The number of nitrogens with one attached hydrogen (secondary N) is 1. The fourth-order valence-corrected chi connectivity index (χ4v) is 4.66. The Labute approximate surface area is 129 Å². The molecule has 0 bridgehead atoms. The number of hydrogen-bond donors (Lipinski definition) is 1. The standard InChI is InChI=1S/C16H28N2O2S/c1-6-14(7-2)18(12-13(3)4)21(19,20)16-11-9-8-10-15(16)17-5/h8-11,13-14,17H,6-7,12H2,1-5H3. The van der Waals surface area contributed by atoms with E-state index in [4.69, 9.17) is 0 Å². The highest BCUT2D eigenvalue weighted by Gasteiger charge is 2.31. The van der Waals surface area contributed by atoms with Crippen LogP contribution in [0.25, 0.3) is 0 Å². The molecule has 21 heavy (non-hydrogen) atoms. The minimum atomic E-state index is -3.49. The van der Waals surface area contributed by atoms with E-state index >= 15 is 0 Å². The van der Waals surface area contributed by atoms with Crippen LogP contribution in [-0.2, 0) is 10.0 Å². The maximum absolute atomic E-state index is 13.1. The molecular weight excluding hydrogens is 284 g/mol. The van der Waals surface area contributed by atoms with Crippen LogP contribution in [0.2, 0.25) is 0 Å². The molecule has 0 atom stereocenters. The lowest BCUT2D eigenvalue weighted by Crippen LogP contribution is -2.42. The summed E-state index contributed by atoms with van der Waals surface area (Å²) in [6, 6.07) is 7.13. The van der Waals surface area contributed by atoms with Crippen LogP contribution in [0.3, 0.4) is 0 Å². The first kappa shape index (κ1) is 18.0. The summed E-state index contributed by atoms with van der Waals surface area (Å²) in [4.78, 5) is 0.361. The van der Waals surface area contributed by atoms with E-state index < -0.39 is 10.0 Å². The van der Waals surface area contributed by atoms with E-state index in [1.165, 1.54) is 0 Å². The molecule has 5 heteroatoms. The molecule has 0 heterocycles. The monoisotopic (exact) mass is 312 g/mol. The molecule has 0 saturated heterocycles. The summed E-state index contributed by atoms with van der Waals surface area (Å²) in [5.74, 6) is 0.294. The van der Waals surface area contributed by atoms with Crippen LogP contribution in [0.5, 0.6) is 0 Å². The second-order valence-electron chi connectivity index (χ2n) is 5.69. The van der Waals surface area contributed by atoms with Gasteiger partial charge in [0.05, 0.1) is 5.69 Å². The zero-order valence-electron chi connectivity index (χ0n) is 13.8.